The van der Waals surface area contributed by atoms with Gasteiger partial charge in [-0.15, -0.1) is 11.3 Å². The van der Waals surface area contributed by atoms with Gasteiger partial charge >= 0.3 is 5.97 Å². The molecule has 6 heteroatoms. The number of hydrogen-bond donors (Lipinski definition) is 0. The molecule has 0 spiro atoms. The third-order valence-electron chi connectivity index (χ3n) is 4.44. The summed E-state index contributed by atoms with van der Waals surface area (Å²) in [6, 6.07) is 0.349. The molecule has 0 amide bonds. The van der Waals surface area contributed by atoms with E-state index in [0.29, 0.717) is 12.6 Å². The molecule has 0 bridgehead atoms. The number of aryl methyl sites for hydroxylation is 1. The molecule has 1 aromatic rings. The molecule has 1 fully saturated rings. The van der Waals surface area contributed by atoms with Gasteiger partial charge in [-0.05, 0) is 33.9 Å². The Kier molecular flexibility index (Phi) is 4.28. The number of piperazine rings is 1. The predicted molar refractivity (Wildman–Crippen MR) is 82.7 cm³/mol. The molecular formula is C15H23N3O2S. The van der Waals surface area contributed by atoms with E-state index in [2.05, 4.69) is 23.9 Å². The van der Waals surface area contributed by atoms with E-state index in [9.17, 15) is 4.79 Å². The molecule has 2 aliphatic rings. The van der Waals surface area contributed by atoms with Crippen molar-refractivity contribution < 1.29 is 9.53 Å². The zero-order valence-corrected chi connectivity index (χ0v) is 13.8. The fraction of sp³-hybridized carbons (Fsp3) is 0.733. The number of fused-ring (bicyclic) bond motifs is 1. The number of hydrogen-bond acceptors (Lipinski definition) is 6. The number of thiazole rings is 1. The Bertz CT molecular complexity index is 531. The summed E-state index contributed by atoms with van der Waals surface area (Å²) in [7, 11) is 4.32. The first kappa shape index (κ1) is 14.9. The normalized spacial score (nSPS) is 26.8. The lowest BCUT2D eigenvalue weighted by molar-refractivity contribution is -0.145. The topological polar surface area (TPSA) is 45.7 Å². The fourth-order valence-electron chi connectivity index (χ4n) is 3.14. The predicted octanol–water partition coefficient (Wildman–Crippen LogP) is 1.65. The molecule has 21 heavy (non-hydrogen) atoms. The Morgan fingerprint density at radius 3 is 3.00 bits per heavy atom. The quantitative estimate of drug-likeness (QED) is 0.795. The molecule has 1 aliphatic carbocycles. The van der Waals surface area contributed by atoms with Gasteiger partial charge in [0.25, 0.3) is 0 Å². The number of nitrogens with zero attached hydrogens (tertiary/aromatic N) is 3. The molecule has 0 radical (unpaired) electrons. The summed E-state index contributed by atoms with van der Waals surface area (Å²) in [4.78, 5) is 22.9. The number of aromatic nitrogens is 1. The smallest absolute Gasteiger partial charge is 0.315 e. The highest BCUT2D eigenvalue weighted by atomic mass is 32.1. The van der Waals surface area contributed by atoms with Crippen LogP contribution in [0.2, 0.25) is 0 Å². The Balaban J connectivity index is 1.81. The van der Waals surface area contributed by atoms with Crippen LogP contribution in [0.1, 0.15) is 40.9 Å². The van der Waals surface area contributed by atoms with Crippen molar-refractivity contribution in [2.45, 2.75) is 31.7 Å². The molecule has 2 unspecified atom stereocenters. The summed E-state index contributed by atoms with van der Waals surface area (Å²) < 4.78 is 5.18. The lowest BCUT2D eigenvalue weighted by Crippen LogP contribution is -2.44. The highest BCUT2D eigenvalue weighted by Gasteiger charge is 2.36. The second kappa shape index (κ2) is 6.02. The summed E-state index contributed by atoms with van der Waals surface area (Å²) in [6.07, 6.45) is 1.82. The van der Waals surface area contributed by atoms with Crippen LogP contribution in [0, 0.1) is 0 Å². The molecule has 2 atom stereocenters. The molecule has 0 saturated carbocycles. The van der Waals surface area contributed by atoms with E-state index in [4.69, 9.17) is 9.72 Å². The maximum absolute atomic E-state index is 12.0. The van der Waals surface area contributed by atoms with Crippen molar-refractivity contribution in [1.29, 1.82) is 0 Å². The summed E-state index contributed by atoms with van der Waals surface area (Å²) >= 11 is 1.79. The van der Waals surface area contributed by atoms with Crippen LogP contribution < -0.4 is 0 Å². The fourth-order valence-corrected chi connectivity index (χ4v) is 4.44. The first-order valence-electron chi connectivity index (χ1n) is 7.65. The third-order valence-corrected chi connectivity index (χ3v) is 5.67. The summed E-state index contributed by atoms with van der Waals surface area (Å²) in [5.74, 6) is -0.251. The highest BCUT2D eigenvalue weighted by molar-refractivity contribution is 7.11. The zero-order chi connectivity index (χ0) is 15.0. The lowest BCUT2D eigenvalue weighted by atomic mass is 10.1. The van der Waals surface area contributed by atoms with Crippen LogP contribution in [0.15, 0.2) is 0 Å². The largest absolute Gasteiger partial charge is 0.465 e. The standard InChI is InChI=1S/C15H23N3O2S/c1-4-20-15(19)10-5-6-12-13(10)16-14(21-12)11-9-17(2)7-8-18(11)3/h10-11H,4-9H2,1-3H3. The molecule has 5 nitrogen and oxygen atoms in total. The van der Waals surface area contributed by atoms with Gasteiger partial charge in [-0.25, -0.2) is 4.98 Å². The van der Waals surface area contributed by atoms with E-state index in [1.54, 1.807) is 11.3 Å². The first-order valence-corrected chi connectivity index (χ1v) is 8.46. The second-order valence-electron chi connectivity index (χ2n) is 5.96. The summed E-state index contributed by atoms with van der Waals surface area (Å²) in [5.41, 5.74) is 0.982. The average Bonchev–Trinajstić information content (AvgIpc) is 3.01. The van der Waals surface area contributed by atoms with Gasteiger partial charge in [0.05, 0.1) is 18.3 Å². The maximum atomic E-state index is 12.0. The van der Waals surface area contributed by atoms with Crippen LogP contribution in [0.25, 0.3) is 0 Å². The van der Waals surface area contributed by atoms with Gasteiger partial charge in [0.15, 0.2) is 0 Å². The van der Waals surface area contributed by atoms with Gasteiger partial charge in [-0.3, -0.25) is 9.69 Å². The number of rotatable bonds is 3. The van der Waals surface area contributed by atoms with Crippen LogP contribution in [-0.2, 0) is 16.0 Å². The van der Waals surface area contributed by atoms with Gasteiger partial charge in [-0.2, -0.15) is 0 Å². The van der Waals surface area contributed by atoms with E-state index in [-0.39, 0.29) is 11.9 Å². The third kappa shape index (κ3) is 2.84. The van der Waals surface area contributed by atoms with E-state index in [0.717, 1.165) is 43.2 Å². The zero-order valence-electron chi connectivity index (χ0n) is 13.0. The van der Waals surface area contributed by atoms with Crippen LogP contribution in [0.4, 0.5) is 0 Å². The second-order valence-corrected chi connectivity index (χ2v) is 7.08. The van der Waals surface area contributed by atoms with Crippen LogP contribution in [-0.4, -0.2) is 61.1 Å². The Labute approximate surface area is 129 Å². The molecule has 1 saturated heterocycles. The molecule has 2 heterocycles. The van der Waals surface area contributed by atoms with Crippen molar-refractivity contribution in [3.05, 3.63) is 15.6 Å². The van der Waals surface area contributed by atoms with Gasteiger partial charge in [0.1, 0.15) is 10.9 Å². The van der Waals surface area contributed by atoms with Crippen LogP contribution in [0.3, 0.4) is 0 Å². The lowest BCUT2D eigenvalue weighted by Gasteiger charge is -2.36. The first-order chi connectivity index (χ1) is 10.1. The molecule has 1 aromatic heterocycles. The van der Waals surface area contributed by atoms with Gasteiger partial charge in [0.2, 0.25) is 0 Å². The van der Waals surface area contributed by atoms with Crippen LogP contribution >= 0.6 is 11.3 Å². The van der Waals surface area contributed by atoms with E-state index < -0.39 is 0 Å². The molecule has 1 aliphatic heterocycles. The van der Waals surface area contributed by atoms with Crippen molar-refractivity contribution in [2.24, 2.45) is 0 Å². The molecule has 3 rings (SSSR count). The van der Waals surface area contributed by atoms with Crippen molar-refractivity contribution in [2.75, 3.05) is 40.3 Å². The molecule has 0 aromatic carbocycles. The minimum absolute atomic E-state index is 0.109. The summed E-state index contributed by atoms with van der Waals surface area (Å²) in [6.45, 7) is 5.47. The Morgan fingerprint density at radius 1 is 1.43 bits per heavy atom. The maximum Gasteiger partial charge on any atom is 0.315 e. The number of esters is 1. The SMILES string of the molecule is CCOC(=O)C1CCc2sc(C3CN(C)CCN3C)nc21. The Hall–Kier alpha value is -0.980. The van der Waals surface area contributed by atoms with E-state index in [1.807, 2.05) is 6.92 Å². The Morgan fingerprint density at radius 2 is 2.24 bits per heavy atom. The van der Waals surface area contributed by atoms with E-state index in [1.165, 1.54) is 4.88 Å². The van der Waals surface area contributed by atoms with Crippen molar-refractivity contribution in [1.82, 2.24) is 14.8 Å². The minimum Gasteiger partial charge on any atom is -0.465 e. The average molecular weight is 309 g/mol. The van der Waals surface area contributed by atoms with Crippen molar-refractivity contribution in [3.8, 4) is 0 Å². The van der Waals surface area contributed by atoms with E-state index >= 15 is 0 Å². The van der Waals surface area contributed by atoms with Crippen molar-refractivity contribution >= 4 is 17.3 Å². The molecular weight excluding hydrogens is 286 g/mol. The number of carbonyl (C=O) groups is 1. The number of ether oxygens (including phenoxy) is 1. The monoisotopic (exact) mass is 309 g/mol. The molecule has 0 N–H and O–H groups in total. The van der Waals surface area contributed by atoms with Crippen molar-refractivity contribution in [3.63, 3.8) is 0 Å². The van der Waals surface area contributed by atoms with Gasteiger partial charge in [-0.1, -0.05) is 0 Å². The number of likely N-dealkylation sites (N-methyl/N-ethyl adjacent to an activating group) is 2. The number of carbonyl (C=O) groups excluding carboxylic acids is 1. The van der Waals surface area contributed by atoms with Gasteiger partial charge < -0.3 is 9.64 Å². The highest BCUT2D eigenvalue weighted by Crippen LogP contribution is 2.40. The molecule has 116 valence electrons. The van der Waals surface area contributed by atoms with Crippen LogP contribution in [0.5, 0.6) is 0 Å². The summed E-state index contributed by atoms with van der Waals surface area (Å²) in [5, 5.41) is 1.16. The van der Waals surface area contributed by atoms with Gasteiger partial charge in [0, 0.05) is 24.5 Å². The minimum atomic E-state index is -0.142.